The van der Waals surface area contributed by atoms with Gasteiger partial charge < -0.3 is 4.98 Å². The van der Waals surface area contributed by atoms with E-state index in [1.165, 1.54) is 11.8 Å². The van der Waals surface area contributed by atoms with Crippen molar-refractivity contribution < 1.29 is 4.79 Å². The van der Waals surface area contributed by atoms with Gasteiger partial charge in [-0.15, -0.1) is 0 Å². The number of carbonyl (C=O) groups excluding carboxylic acids is 1. The molecule has 0 aliphatic carbocycles. The number of carbonyl (C=O) groups is 1. The van der Waals surface area contributed by atoms with Crippen LogP contribution in [0.25, 0.3) is 17.1 Å². The number of amidine groups is 1. The lowest BCUT2D eigenvalue weighted by molar-refractivity contribution is -0.113. The molecule has 1 aliphatic heterocycles. The number of benzene rings is 2. The summed E-state index contributed by atoms with van der Waals surface area (Å²) in [6.45, 7) is 1.98. The minimum atomic E-state index is -0.112. The third-order valence-corrected chi connectivity index (χ3v) is 5.64. The molecule has 4 aromatic rings. The fourth-order valence-corrected chi connectivity index (χ4v) is 4.16. The maximum atomic E-state index is 13.3. The molecular formula is C23H17N5OS. The average molecular weight is 411 g/mol. The Hall–Kier alpha value is -3.71. The fraction of sp³-hybridized carbons (Fsp3) is 0.0435. The molecule has 5 rings (SSSR count). The van der Waals surface area contributed by atoms with Crippen LogP contribution in [0.5, 0.6) is 0 Å². The molecule has 1 fully saturated rings. The summed E-state index contributed by atoms with van der Waals surface area (Å²) in [6.07, 6.45) is 5.30. The molecule has 0 unspecified atom stereocenters. The van der Waals surface area contributed by atoms with Gasteiger partial charge in [0.1, 0.15) is 0 Å². The smallest absolute Gasteiger partial charge is 0.271 e. The standard InChI is InChI=1S/C23H17N5OS/c1-15-7-10-21(24-13-15)27-23-28(17-5-3-2-4-6-17)22(29)20(30-23)12-16-8-9-18-19(11-16)26-14-25-18/h2-14H,1H3,(H,25,26). The molecule has 0 radical (unpaired) electrons. The van der Waals surface area contributed by atoms with Crippen molar-refractivity contribution in [1.29, 1.82) is 0 Å². The highest BCUT2D eigenvalue weighted by atomic mass is 32.2. The number of rotatable bonds is 3. The number of fused-ring (bicyclic) bond motifs is 1. The van der Waals surface area contributed by atoms with Gasteiger partial charge in [-0.2, -0.15) is 0 Å². The van der Waals surface area contributed by atoms with Crippen molar-refractivity contribution in [2.24, 2.45) is 4.99 Å². The first-order valence-corrected chi connectivity index (χ1v) is 10.2. The number of aromatic nitrogens is 3. The minimum absolute atomic E-state index is 0.112. The first kappa shape index (κ1) is 18.3. The molecule has 2 aromatic carbocycles. The number of aliphatic imine (C=N–C) groups is 1. The van der Waals surface area contributed by atoms with Crippen molar-refractivity contribution in [1.82, 2.24) is 15.0 Å². The number of nitrogens with one attached hydrogen (secondary N) is 1. The highest BCUT2D eigenvalue weighted by Gasteiger charge is 2.34. The molecule has 146 valence electrons. The molecule has 6 nitrogen and oxygen atoms in total. The number of amides is 1. The molecule has 0 spiro atoms. The lowest BCUT2D eigenvalue weighted by Gasteiger charge is -2.15. The predicted molar refractivity (Wildman–Crippen MR) is 122 cm³/mol. The van der Waals surface area contributed by atoms with E-state index in [9.17, 15) is 4.79 Å². The number of pyridine rings is 1. The van der Waals surface area contributed by atoms with Crippen LogP contribution in [0.1, 0.15) is 11.1 Å². The van der Waals surface area contributed by atoms with Gasteiger partial charge in [0.2, 0.25) is 0 Å². The number of aryl methyl sites for hydroxylation is 1. The van der Waals surface area contributed by atoms with Crippen molar-refractivity contribution in [3.63, 3.8) is 0 Å². The second-order valence-corrected chi connectivity index (χ2v) is 7.86. The van der Waals surface area contributed by atoms with Crippen molar-refractivity contribution >= 4 is 51.5 Å². The van der Waals surface area contributed by atoms with E-state index in [-0.39, 0.29) is 5.91 Å². The molecule has 3 heterocycles. The molecule has 0 bridgehead atoms. The molecule has 0 atom stereocenters. The third-order valence-electron chi connectivity index (χ3n) is 4.67. The summed E-state index contributed by atoms with van der Waals surface area (Å²) < 4.78 is 0. The Kier molecular flexibility index (Phi) is 4.65. The normalized spacial score (nSPS) is 16.8. The van der Waals surface area contributed by atoms with Gasteiger partial charge in [0.15, 0.2) is 11.0 Å². The summed E-state index contributed by atoms with van der Waals surface area (Å²) in [5.74, 6) is 0.454. The van der Waals surface area contributed by atoms with E-state index < -0.39 is 0 Å². The molecule has 2 aromatic heterocycles. The number of hydrogen-bond acceptors (Lipinski definition) is 5. The predicted octanol–water partition coefficient (Wildman–Crippen LogP) is 5.07. The van der Waals surface area contributed by atoms with Gasteiger partial charge in [-0.1, -0.05) is 30.3 Å². The van der Waals surface area contributed by atoms with Gasteiger partial charge in [-0.25, -0.2) is 15.0 Å². The summed E-state index contributed by atoms with van der Waals surface area (Å²) in [7, 11) is 0. The van der Waals surface area contributed by atoms with Crippen LogP contribution in [-0.4, -0.2) is 26.0 Å². The van der Waals surface area contributed by atoms with E-state index in [1.54, 1.807) is 17.4 Å². The lowest BCUT2D eigenvalue weighted by Crippen LogP contribution is -2.28. The average Bonchev–Trinajstić information content (AvgIpc) is 3.34. The molecule has 0 saturated carbocycles. The monoisotopic (exact) mass is 411 g/mol. The van der Waals surface area contributed by atoms with Gasteiger partial charge >= 0.3 is 0 Å². The number of aromatic amines is 1. The van der Waals surface area contributed by atoms with Crippen LogP contribution in [0.2, 0.25) is 0 Å². The highest BCUT2D eigenvalue weighted by molar-refractivity contribution is 8.19. The zero-order valence-corrected chi connectivity index (χ0v) is 16.9. The SMILES string of the molecule is Cc1ccc(N=C2SC(=Cc3ccc4[nH]cnc4c3)C(=O)N2c2ccccc2)nc1. The van der Waals surface area contributed by atoms with Crippen LogP contribution in [0.3, 0.4) is 0 Å². The molecule has 1 aliphatic rings. The summed E-state index contributed by atoms with van der Waals surface area (Å²) in [5.41, 5.74) is 4.56. The van der Waals surface area contributed by atoms with Crippen LogP contribution in [0.15, 0.2) is 83.1 Å². The van der Waals surface area contributed by atoms with E-state index in [2.05, 4.69) is 19.9 Å². The summed E-state index contributed by atoms with van der Waals surface area (Å²) in [4.78, 5) is 31.9. The van der Waals surface area contributed by atoms with Gasteiger partial charge in [0, 0.05) is 6.20 Å². The Bertz CT molecular complexity index is 1290. The molecule has 7 heteroatoms. The van der Waals surface area contributed by atoms with Crippen LogP contribution >= 0.6 is 11.8 Å². The lowest BCUT2D eigenvalue weighted by atomic mass is 10.2. The second-order valence-electron chi connectivity index (χ2n) is 6.85. The molecule has 1 saturated heterocycles. The minimum Gasteiger partial charge on any atom is -0.345 e. The zero-order chi connectivity index (χ0) is 20.5. The molecule has 1 N–H and O–H groups in total. The summed E-state index contributed by atoms with van der Waals surface area (Å²) in [6, 6.07) is 19.2. The highest BCUT2D eigenvalue weighted by Crippen LogP contribution is 2.37. The molecule has 30 heavy (non-hydrogen) atoms. The summed E-state index contributed by atoms with van der Waals surface area (Å²) in [5, 5.41) is 0.578. The topological polar surface area (TPSA) is 74.2 Å². The van der Waals surface area contributed by atoms with Crippen LogP contribution in [0.4, 0.5) is 11.5 Å². The number of thioether (sulfide) groups is 1. The molecule has 1 amide bonds. The number of para-hydroxylation sites is 1. The van der Waals surface area contributed by atoms with Crippen molar-refractivity contribution in [3.05, 3.63) is 89.2 Å². The van der Waals surface area contributed by atoms with Gasteiger partial charge in [0.25, 0.3) is 5.91 Å². The van der Waals surface area contributed by atoms with Crippen molar-refractivity contribution in [2.75, 3.05) is 4.90 Å². The van der Waals surface area contributed by atoms with E-state index >= 15 is 0 Å². The van der Waals surface area contributed by atoms with E-state index in [0.29, 0.717) is 15.9 Å². The maximum absolute atomic E-state index is 13.3. The zero-order valence-electron chi connectivity index (χ0n) is 16.1. The first-order valence-electron chi connectivity index (χ1n) is 9.41. The van der Waals surface area contributed by atoms with Crippen LogP contribution < -0.4 is 4.90 Å². The van der Waals surface area contributed by atoms with Crippen LogP contribution in [0, 0.1) is 6.92 Å². The Morgan fingerprint density at radius 1 is 1.07 bits per heavy atom. The van der Waals surface area contributed by atoms with Crippen molar-refractivity contribution in [2.45, 2.75) is 6.92 Å². The van der Waals surface area contributed by atoms with E-state index in [1.807, 2.05) is 73.7 Å². The van der Waals surface area contributed by atoms with E-state index in [4.69, 9.17) is 0 Å². The Balaban J connectivity index is 1.56. The van der Waals surface area contributed by atoms with Gasteiger partial charge in [-0.05, 0) is 66.2 Å². The second kappa shape index (κ2) is 7.61. The Morgan fingerprint density at radius 2 is 1.93 bits per heavy atom. The Morgan fingerprint density at radius 3 is 2.73 bits per heavy atom. The maximum Gasteiger partial charge on any atom is 0.271 e. The number of nitrogens with zero attached hydrogens (tertiary/aromatic N) is 4. The summed E-state index contributed by atoms with van der Waals surface area (Å²) >= 11 is 1.34. The quantitative estimate of drug-likeness (QED) is 0.477. The Labute approximate surface area is 177 Å². The van der Waals surface area contributed by atoms with Gasteiger partial charge in [0.05, 0.1) is 28.0 Å². The number of anilines is 1. The van der Waals surface area contributed by atoms with Gasteiger partial charge in [-0.3, -0.25) is 9.69 Å². The fourth-order valence-electron chi connectivity index (χ4n) is 3.17. The van der Waals surface area contributed by atoms with Crippen LogP contribution in [-0.2, 0) is 4.79 Å². The largest absolute Gasteiger partial charge is 0.345 e. The number of imidazole rings is 1. The molecular weight excluding hydrogens is 394 g/mol. The van der Waals surface area contributed by atoms with E-state index in [0.717, 1.165) is 27.8 Å². The number of H-pyrrole nitrogens is 1. The first-order chi connectivity index (χ1) is 14.7. The van der Waals surface area contributed by atoms with Crippen molar-refractivity contribution in [3.8, 4) is 0 Å². The third kappa shape index (κ3) is 3.51. The number of hydrogen-bond donors (Lipinski definition) is 1.